The van der Waals surface area contributed by atoms with E-state index in [4.69, 9.17) is 4.74 Å². The lowest BCUT2D eigenvalue weighted by atomic mass is 10.1. The molecule has 1 aromatic heterocycles. The molecule has 0 atom stereocenters. The van der Waals surface area contributed by atoms with Gasteiger partial charge >= 0.3 is 5.97 Å². The van der Waals surface area contributed by atoms with Crippen molar-refractivity contribution in [2.45, 2.75) is 24.3 Å². The molecular formula is C11H14N2O2S. The van der Waals surface area contributed by atoms with E-state index in [-0.39, 0.29) is 11.4 Å². The number of esters is 1. The first-order valence-corrected chi connectivity index (χ1v) is 6.18. The second-order valence-electron chi connectivity index (χ2n) is 4.09. The minimum absolute atomic E-state index is 0.110. The van der Waals surface area contributed by atoms with E-state index in [1.807, 2.05) is 6.07 Å². The quantitative estimate of drug-likeness (QED) is 0.445. The van der Waals surface area contributed by atoms with E-state index in [9.17, 15) is 4.79 Å². The van der Waals surface area contributed by atoms with E-state index in [1.54, 1.807) is 24.3 Å². The van der Waals surface area contributed by atoms with Crippen molar-refractivity contribution in [3.63, 3.8) is 0 Å². The molecule has 86 valence electrons. The molecule has 0 spiro atoms. The third kappa shape index (κ3) is 2.95. The smallest absolute Gasteiger partial charge is 0.306 e. The Balaban J connectivity index is 1.84. The fraction of sp³-hybridized carbons (Fsp3) is 0.545. The van der Waals surface area contributed by atoms with Crippen molar-refractivity contribution < 1.29 is 9.53 Å². The van der Waals surface area contributed by atoms with E-state index in [0.717, 1.165) is 23.6 Å². The average Bonchev–Trinajstić information content (AvgIpc) is 3.08. The molecule has 0 unspecified atom stereocenters. The summed E-state index contributed by atoms with van der Waals surface area (Å²) in [6, 6.07) is 1.89. The van der Waals surface area contributed by atoms with Gasteiger partial charge in [0.15, 0.2) is 0 Å². The van der Waals surface area contributed by atoms with Crippen molar-refractivity contribution >= 4 is 17.7 Å². The van der Waals surface area contributed by atoms with Crippen molar-refractivity contribution in [3.8, 4) is 0 Å². The van der Waals surface area contributed by atoms with Crippen LogP contribution in [-0.2, 0) is 9.53 Å². The molecule has 0 N–H and O–H groups in total. The molecule has 0 aromatic carbocycles. The minimum Gasteiger partial charge on any atom is -0.469 e. The van der Waals surface area contributed by atoms with Crippen LogP contribution in [0.5, 0.6) is 0 Å². The summed E-state index contributed by atoms with van der Waals surface area (Å²) in [6.07, 6.45) is 6.03. The molecule has 1 saturated carbocycles. The lowest BCUT2D eigenvalue weighted by Gasteiger charge is -2.12. The summed E-state index contributed by atoms with van der Waals surface area (Å²) in [5, 5.41) is 0.964. The molecule has 4 nitrogen and oxygen atoms in total. The van der Waals surface area contributed by atoms with Gasteiger partial charge in [-0.15, -0.1) is 11.8 Å². The molecule has 0 aliphatic heterocycles. The van der Waals surface area contributed by atoms with Crippen LogP contribution in [0.3, 0.4) is 0 Å². The van der Waals surface area contributed by atoms with Crippen LogP contribution in [0, 0.1) is 5.41 Å². The van der Waals surface area contributed by atoms with Gasteiger partial charge in [-0.3, -0.25) is 4.79 Å². The summed E-state index contributed by atoms with van der Waals surface area (Å²) in [4.78, 5) is 19.2. The van der Waals surface area contributed by atoms with Crippen molar-refractivity contribution in [1.29, 1.82) is 0 Å². The molecule has 1 aliphatic rings. The van der Waals surface area contributed by atoms with Crippen LogP contribution in [0.2, 0.25) is 0 Å². The Labute approximate surface area is 98.8 Å². The van der Waals surface area contributed by atoms with Crippen molar-refractivity contribution in [3.05, 3.63) is 18.6 Å². The maximum Gasteiger partial charge on any atom is 0.306 e. The van der Waals surface area contributed by atoms with Gasteiger partial charge in [-0.2, -0.15) is 0 Å². The van der Waals surface area contributed by atoms with E-state index >= 15 is 0 Å². The van der Waals surface area contributed by atoms with Gasteiger partial charge in [-0.1, -0.05) is 0 Å². The predicted octanol–water partition coefficient (Wildman–Crippen LogP) is 1.91. The number of thioether (sulfide) groups is 1. The van der Waals surface area contributed by atoms with Crippen LogP contribution in [0.1, 0.15) is 19.3 Å². The third-order valence-corrected chi connectivity index (χ3v) is 4.08. The molecule has 0 saturated heterocycles. The van der Waals surface area contributed by atoms with Gasteiger partial charge in [0.1, 0.15) is 6.33 Å². The fourth-order valence-electron chi connectivity index (χ4n) is 1.52. The first-order chi connectivity index (χ1) is 7.74. The van der Waals surface area contributed by atoms with Gasteiger partial charge in [-0.05, 0) is 24.3 Å². The highest BCUT2D eigenvalue weighted by Crippen LogP contribution is 2.51. The van der Waals surface area contributed by atoms with Crippen molar-refractivity contribution in [2.75, 3.05) is 12.9 Å². The molecule has 1 heterocycles. The van der Waals surface area contributed by atoms with Gasteiger partial charge in [0.25, 0.3) is 0 Å². The molecule has 16 heavy (non-hydrogen) atoms. The van der Waals surface area contributed by atoms with Crippen LogP contribution in [0.4, 0.5) is 0 Å². The van der Waals surface area contributed by atoms with Gasteiger partial charge in [0.2, 0.25) is 0 Å². The van der Waals surface area contributed by atoms with Gasteiger partial charge in [-0.25, -0.2) is 9.97 Å². The Kier molecular flexibility index (Phi) is 3.43. The van der Waals surface area contributed by atoms with Crippen LogP contribution >= 0.6 is 11.8 Å². The highest BCUT2D eigenvalue weighted by Gasteiger charge is 2.44. The topological polar surface area (TPSA) is 52.1 Å². The maximum atomic E-state index is 11.2. The SMILES string of the molecule is COC(=O)CC1(CSc2ccncn2)CC1. The number of carbonyl (C=O) groups excluding carboxylic acids is 1. The van der Waals surface area contributed by atoms with Gasteiger partial charge in [0, 0.05) is 11.9 Å². The molecule has 1 fully saturated rings. The zero-order valence-corrected chi connectivity index (χ0v) is 10.00. The van der Waals surface area contributed by atoms with E-state index in [0.29, 0.717) is 6.42 Å². The van der Waals surface area contributed by atoms with Crippen molar-refractivity contribution in [2.24, 2.45) is 5.41 Å². The van der Waals surface area contributed by atoms with Crippen molar-refractivity contribution in [1.82, 2.24) is 9.97 Å². The van der Waals surface area contributed by atoms with E-state index < -0.39 is 0 Å². The number of nitrogens with zero attached hydrogens (tertiary/aromatic N) is 2. The lowest BCUT2D eigenvalue weighted by molar-refractivity contribution is -0.141. The largest absolute Gasteiger partial charge is 0.469 e. The summed E-state index contributed by atoms with van der Waals surface area (Å²) >= 11 is 1.68. The highest BCUT2D eigenvalue weighted by molar-refractivity contribution is 7.99. The Morgan fingerprint density at radius 2 is 2.44 bits per heavy atom. The standard InChI is InChI=1S/C11H14N2O2S/c1-15-10(14)6-11(3-4-11)7-16-9-2-5-12-8-13-9/h2,5,8H,3-4,6-7H2,1H3. The van der Waals surface area contributed by atoms with Crippen LogP contribution < -0.4 is 0 Å². The van der Waals surface area contributed by atoms with E-state index in [2.05, 4.69) is 9.97 Å². The van der Waals surface area contributed by atoms with Crippen LogP contribution in [0.15, 0.2) is 23.6 Å². The van der Waals surface area contributed by atoms with Gasteiger partial charge < -0.3 is 4.74 Å². The van der Waals surface area contributed by atoms with Crippen LogP contribution in [0.25, 0.3) is 0 Å². The molecule has 0 radical (unpaired) electrons. The summed E-state index contributed by atoms with van der Waals surface area (Å²) in [5.74, 6) is 0.819. The summed E-state index contributed by atoms with van der Waals surface area (Å²) in [6.45, 7) is 0. The number of aromatic nitrogens is 2. The first-order valence-electron chi connectivity index (χ1n) is 5.20. The second-order valence-corrected chi connectivity index (χ2v) is 5.08. The maximum absolute atomic E-state index is 11.2. The molecule has 1 aromatic rings. The number of hydrogen-bond acceptors (Lipinski definition) is 5. The Hall–Kier alpha value is -1.10. The zero-order chi connectivity index (χ0) is 11.4. The summed E-state index contributed by atoms with van der Waals surface area (Å²) < 4.78 is 4.70. The van der Waals surface area contributed by atoms with Gasteiger partial charge in [0.05, 0.1) is 18.6 Å². The highest BCUT2D eigenvalue weighted by atomic mass is 32.2. The molecule has 0 bridgehead atoms. The monoisotopic (exact) mass is 238 g/mol. The molecule has 0 amide bonds. The van der Waals surface area contributed by atoms with E-state index in [1.165, 1.54) is 7.11 Å². The normalized spacial score (nSPS) is 16.8. The third-order valence-electron chi connectivity index (χ3n) is 2.79. The zero-order valence-electron chi connectivity index (χ0n) is 9.18. The molecular weight excluding hydrogens is 224 g/mol. The Bertz CT molecular complexity index is 366. The molecule has 1 aliphatic carbocycles. The summed E-state index contributed by atoms with van der Waals surface area (Å²) in [7, 11) is 1.44. The Morgan fingerprint density at radius 3 is 3.00 bits per heavy atom. The first kappa shape index (κ1) is 11.4. The average molecular weight is 238 g/mol. The molecule has 5 heteroatoms. The second kappa shape index (κ2) is 4.82. The fourth-order valence-corrected chi connectivity index (χ4v) is 2.64. The number of methoxy groups -OCH3 is 1. The van der Waals surface area contributed by atoms with Crippen LogP contribution in [-0.4, -0.2) is 28.8 Å². The molecule has 2 rings (SSSR count). The number of hydrogen-bond donors (Lipinski definition) is 0. The Morgan fingerprint density at radius 1 is 1.62 bits per heavy atom. The minimum atomic E-state index is -0.110. The summed E-state index contributed by atoms with van der Waals surface area (Å²) in [5.41, 5.74) is 0.155. The lowest BCUT2D eigenvalue weighted by Crippen LogP contribution is -2.13. The number of rotatable bonds is 5. The number of carbonyl (C=O) groups is 1. The predicted molar refractivity (Wildman–Crippen MR) is 61.1 cm³/mol. The number of ether oxygens (including phenoxy) is 1.